The van der Waals surface area contributed by atoms with Crippen LogP contribution < -0.4 is 20.1 Å². The summed E-state index contributed by atoms with van der Waals surface area (Å²) < 4.78 is 10.5. The average molecular weight is 445 g/mol. The van der Waals surface area contributed by atoms with E-state index in [2.05, 4.69) is 15.6 Å². The molecule has 31 heavy (non-hydrogen) atoms. The number of anilines is 1. The Morgan fingerprint density at radius 1 is 1.26 bits per heavy atom. The van der Waals surface area contributed by atoms with Crippen LogP contribution in [0.25, 0.3) is 0 Å². The SMILES string of the molecule is COc1ccc(CCN2C(=O)N[C@H](CC(=O)Nc3nc4c(s3)CCC4)C2=O)cc1OC. The fourth-order valence-corrected chi connectivity index (χ4v) is 4.87. The molecule has 0 bridgehead atoms. The van der Waals surface area contributed by atoms with Crippen molar-refractivity contribution >= 4 is 34.3 Å². The maximum absolute atomic E-state index is 12.7. The van der Waals surface area contributed by atoms with Crippen molar-refractivity contribution in [3.8, 4) is 11.5 Å². The lowest BCUT2D eigenvalue weighted by molar-refractivity contribution is -0.129. The number of ether oxygens (including phenoxy) is 2. The van der Waals surface area contributed by atoms with E-state index in [1.807, 2.05) is 12.1 Å². The van der Waals surface area contributed by atoms with Gasteiger partial charge >= 0.3 is 6.03 Å². The molecular formula is C21H24N4O5S. The Morgan fingerprint density at radius 2 is 2.06 bits per heavy atom. The van der Waals surface area contributed by atoms with Crippen LogP contribution >= 0.6 is 11.3 Å². The molecule has 1 saturated heterocycles. The normalized spacial score (nSPS) is 17.5. The number of thiazole rings is 1. The minimum atomic E-state index is -0.871. The second-order valence-electron chi connectivity index (χ2n) is 7.43. The lowest BCUT2D eigenvalue weighted by Crippen LogP contribution is -2.34. The smallest absolute Gasteiger partial charge is 0.324 e. The lowest BCUT2D eigenvalue weighted by atomic mass is 10.1. The van der Waals surface area contributed by atoms with E-state index >= 15 is 0 Å². The molecule has 1 fully saturated rings. The van der Waals surface area contributed by atoms with Gasteiger partial charge < -0.3 is 20.1 Å². The Morgan fingerprint density at radius 3 is 2.81 bits per heavy atom. The maximum atomic E-state index is 12.7. The van der Waals surface area contributed by atoms with Crippen molar-refractivity contribution in [2.24, 2.45) is 0 Å². The van der Waals surface area contributed by atoms with Crippen molar-refractivity contribution in [2.45, 2.75) is 38.1 Å². The number of carbonyl (C=O) groups is 3. The first kappa shape index (κ1) is 21.1. The van der Waals surface area contributed by atoms with Crippen LogP contribution in [-0.2, 0) is 28.9 Å². The summed E-state index contributed by atoms with van der Waals surface area (Å²) in [5.74, 6) is 0.452. The molecule has 2 aliphatic rings. The molecule has 1 atom stereocenters. The molecule has 9 nitrogen and oxygen atoms in total. The molecule has 10 heteroatoms. The maximum Gasteiger partial charge on any atom is 0.324 e. The van der Waals surface area contributed by atoms with Gasteiger partial charge in [0.2, 0.25) is 5.91 Å². The van der Waals surface area contributed by atoms with Crippen molar-refractivity contribution in [3.05, 3.63) is 34.3 Å². The van der Waals surface area contributed by atoms with E-state index in [4.69, 9.17) is 9.47 Å². The minimum Gasteiger partial charge on any atom is -0.493 e. The molecule has 0 radical (unpaired) electrons. The molecule has 2 heterocycles. The molecule has 2 N–H and O–H groups in total. The van der Waals surface area contributed by atoms with Gasteiger partial charge in [0.25, 0.3) is 5.91 Å². The molecule has 0 saturated carbocycles. The van der Waals surface area contributed by atoms with E-state index in [-0.39, 0.29) is 18.9 Å². The fourth-order valence-electron chi connectivity index (χ4n) is 3.80. The summed E-state index contributed by atoms with van der Waals surface area (Å²) in [6, 6.07) is 4.09. The van der Waals surface area contributed by atoms with E-state index in [1.54, 1.807) is 20.3 Å². The van der Waals surface area contributed by atoms with Gasteiger partial charge in [-0.05, 0) is 43.4 Å². The number of aromatic nitrogens is 1. The Kier molecular flexibility index (Phi) is 6.08. The van der Waals surface area contributed by atoms with Crippen LogP contribution in [0.3, 0.4) is 0 Å². The van der Waals surface area contributed by atoms with Crippen molar-refractivity contribution in [2.75, 3.05) is 26.1 Å². The number of carbonyl (C=O) groups excluding carboxylic acids is 3. The molecule has 0 unspecified atom stereocenters. The molecule has 1 aliphatic heterocycles. The summed E-state index contributed by atoms with van der Waals surface area (Å²) in [6.45, 7) is 0.206. The first-order valence-electron chi connectivity index (χ1n) is 10.1. The number of rotatable bonds is 8. The third-order valence-electron chi connectivity index (χ3n) is 5.41. The Labute approximate surface area is 183 Å². The molecule has 1 aliphatic carbocycles. The first-order chi connectivity index (χ1) is 15.0. The molecule has 4 amide bonds. The number of nitrogens with zero attached hydrogens (tertiary/aromatic N) is 2. The quantitative estimate of drug-likeness (QED) is 0.604. The zero-order valence-corrected chi connectivity index (χ0v) is 18.2. The topological polar surface area (TPSA) is 110 Å². The largest absolute Gasteiger partial charge is 0.493 e. The van der Waals surface area contributed by atoms with Gasteiger partial charge in [0, 0.05) is 11.4 Å². The predicted molar refractivity (Wildman–Crippen MR) is 115 cm³/mol. The monoisotopic (exact) mass is 444 g/mol. The number of fused-ring (bicyclic) bond motifs is 1. The van der Waals surface area contributed by atoms with Crippen molar-refractivity contribution in [3.63, 3.8) is 0 Å². The number of benzene rings is 1. The third-order valence-corrected chi connectivity index (χ3v) is 6.48. The molecule has 4 rings (SSSR count). The Hall–Kier alpha value is -3.14. The third kappa shape index (κ3) is 4.48. The van der Waals surface area contributed by atoms with Gasteiger partial charge in [-0.15, -0.1) is 11.3 Å². The van der Waals surface area contributed by atoms with Crippen LogP contribution in [0.1, 0.15) is 29.0 Å². The fraction of sp³-hybridized carbons (Fsp3) is 0.429. The van der Waals surface area contributed by atoms with Gasteiger partial charge in [-0.3, -0.25) is 14.5 Å². The van der Waals surface area contributed by atoms with Crippen LogP contribution in [-0.4, -0.2) is 54.5 Å². The zero-order valence-electron chi connectivity index (χ0n) is 17.4. The van der Waals surface area contributed by atoms with E-state index in [9.17, 15) is 14.4 Å². The Bertz CT molecular complexity index is 1000. The highest BCUT2D eigenvalue weighted by Crippen LogP contribution is 2.30. The summed E-state index contributed by atoms with van der Waals surface area (Å²) in [4.78, 5) is 44.1. The molecule has 1 aromatic carbocycles. The van der Waals surface area contributed by atoms with Gasteiger partial charge in [0.15, 0.2) is 16.6 Å². The second kappa shape index (κ2) is 8.93. The van der Waals surface area contributed by atoms with Crippen LogP contribution in [0.4, 0.5) is 9.93 Å². The van der Waals surface area contributed by atoms with Crippen molar-refractivity contribution in [1.29, 1.82) is 0 Å². The number of aryl methyl sites for hydroxylation is 2. The van der Waals surface area contributed by atoms with Gasteiger partial charge in [-0.2, -0.15) is 0 Å². The summed E-state index contributed by atoms with van der Waals surface area (Å²) in [5, 5.41) is 5.90. The van der Waals surface area contributed by atoms with E-state index < -0.39 is 18.0 Å². The van der Waals surface area contributed by atoms with Crippen LogP contribution in [0.15, 0.2) is 18.2 Å². The van der Waals surface area contributed by atoms with Crippen LogP contribution in [0.5, 0.6) is 11.5 Å². The summed E-state index contributed by atoms with van der Waals surface area (Å²) in [6.07, 6.45) is 3.37. The molecule has 1 aromatic heterocycles. The number of methoxy groups -OCH3 is 2. The summed E-state index contributed by atoms with van der Waals surface area (Å²) >= 11 is 1.48. The number of amides is 4. The number of hydrogen-bond acceptors (Lipinski definition) is 7. The first-order valence-corrected chi connectivity index (χ1v) is 10.9. The molecule has 2 aromatic rings. The number of imide groups is 1. The van der Waals surface area contributed by atoms with Crippen LogP contribution in [0.2, 0.25) is 0 Å². The molecule has 0 spiro atoms. The lowest BCUT2D eigenvalue weighted by Gasteiger charge is -2.14. The predicted octanol–water partition coefficient (Wildman–Crippen LogP) is 2.14. The molecule has 164 valence electrons. The highest BCUT2D eigenvalue weighted by Gasteiger charge is 2.38. The molecular weight excluding hydrogens is 420 g/mol. The van der Waals surface area contributed by atoms with E-state index in [0.717, 1.165) is 35.4 Å². The number of nitrogens with one attached hydrogen (secondary N) is 2. The Balaban J connectivity index is 1.32. The summed E-state index contributed by atoms with van der Waals surface area (Å²) in [5.41, 5.74) is 1.95. The van der Waals surface area contributed by atoms with Gasteiger partial charge in [0.05, 0.1) is 26.3 Å². The highest BCUT2D eigenvalue weighted by molar-refractivity contribution is 7.15. The second-order valence-corrected chi connectivity index (χ2v) is 8.51. The minimum absolute atomic E-state index is 0.123. The van der Waals surface area contributed by atoms with E-state index in [1.165, 1.54) is 16.2 Å². The highest BCUT2D eigenvalue weighted by atomic mass is 32.1. The zero-order chi connectivity index (χ0) is 22.0. The van der Waals surface area contributed by atoms with Gasteiger partial charge in [-0.25, -0.2) is 9.78 Å². The van der Waals surface area contributed by atoms with Crippen molar-refractivity contribution in [1.82, 2.24) is 15.2 Å². The summed E-state index contributed by atoms with van der Waals surface area (Å²) in [7, 11) is 3.11. The van der Waals surface area contributed by atoms with Gasteiger partial charge in [-0.1, -0.05) is 6.07 Å². The average Bonchev–Trinajstić information content (AvgIpc) is 3.41. The van der Waals surface area contributed by atoms with Gasteiger partial charge in [0.1, 0.15) is 6.04 Å². The van der Waals surface area contributed by atoms with E-state index in [0.29, 0.717) is 23.1 Å². The van der Waals surface area contributed by atoms with Crippen molar-refractivity contribution < 1.29 is 23.9 Å². The number of urea groups is 1. The number of hydrogen-bond donors (Lipinski definition) is 2. The van der Waals surface area contributed by atoms with Crippen LogP contribution in [0, 0.1) is 0 Å². The standard InChI is InChI=1S/C21H24N4O5S/c1-29-15-7-6-12(10-16(15)30-2)8-9-25-19(27)14(23-21(25)28)11-18(26)24-20-22-13-4-3-5-17(13)31-20/h6-7,10,14H,3-5,8-9,11H2,1-2H3,(H,23,28)(H,22,24,26)/t14-/m1/s1.